The van der Waals surface area contributed by atoms with Gasteiger partial charge in [-0.25, -0.2) is 0 Å². The summed E-state index contributed by atoms with van der Waals surface area (Å²) in [6, 6.07) is 37.7. The van der Waals surface area contributed by atoms with Crippen molar-refractivity contribution >= 4 is 0 Å². The largest absolute Gasteiger partial charge is 0.489 e. The number of hydrogen-bond acceptors (Lipinski definition) is 3. The van der Waals surface area contributed by atoms with Crippen molar-refractivity contribution in [3.8, 4) is 11.5 Å². The van der Waals surface area contributed by atoms with Gasteiger partial charge in [-0.1, -0.05) is 111 Å². The first-order valence-electron chi connectivity index (χ1n) is 15.4. The minimum Gasteiger partial charge on any atom is -0.489 e. The molecule has 4 aromatic rings. The van der Waals surface area contributed by atoms with Gasteiger partial charge in [-0.05, 0) is 85.0 Å². The summed E-state index contributed by atoms with van der Waals surface area (Å²) in [6.45, 7) is 3.02. The average molecular weight is 551 g/mol. The molecule has 0 unspecified atom stereocenters. The van der Waals surface area contributed by atoms with Gasteiger partial charge in [-0.3, -0.25) is 0 Å². The minimum absolute atomic E-state index is 0.615. The summed E-state index contributed by atoms with van der Waals surface area (Å²) in [5, 5.41) is 0. The highest BCUT2D eigenvalue weighted by molar-refractivity contribution is 5.29. The number of ether oxygens (including phenoxy) is 3. The lowest BCUT2D eigenvalue weighted by atomic mass is 10.1. The van der Waals surface area contributed by atoms with Crippen molar-refractivity contribution in [2.45, 2.75) is 77.4 Å². The Morgan fingerprint density at radius 3 is 1.15 bits per heavy atom. The van der Waals surface area contributed by atoms with Crippen molar-refractivity contribution in [1.29, 1.82) is 0 Å². The first-order valence-corrected chi connectivity index (χ1v) is 15.4. The zero-order valence-corrected chi connectivity index (χ0v) is 24.5. The summed E-state index contributed by atoms with van der Waals surface area (Å²) in [6.07, 6.45) is 12.1. The molecule has 0 aromatic heterocycles. The van der Waals surface area contributed by atoms with Gasteiger partial charge in [0.25, 0.3) is 0 Å². The van der Waals surface area contributed by atoms with Gasteiger partial charge in [0.2, 0.25) is 0 Å². The van der Waals surface area contributed by atoms with Crippen LogP contribution in [0.15, 0.2) is 109 Å². The summed E-state index contributed by atoms with van der Waals surface area (Å²) in [5.74, 6) is 1.87. The molecule has 0 aliphatic rings. The van der Waals surface area contributed by atoms with E-state index in [-0.39, 0.29) is 0 Å². The van der Waals surface area contributed by atoms with Crippen molar-refractivity contribution < 1.29 is 14.2 Å². The number of aryl methyl sites for hydroxylation is 2. The zero-order chi connectivity index (χ0) is 28.2. The van der Waals surface area contributed by atoms with Crippen LogP contribution in [0, 0.1) is 0 Å². The van der Waals surface area contributed by atoms with Crippen LogP contribution >= 0.6 is 0 Å². The van der Waals surface area contributed by atoms with Gasteiger partial charge in [0.05, 0.1) is 0 Å². The summed E-state index contributed by atoms with van der Waals surface area (Å²) >= 11 is 0. The summed E-state index contributed by atoms with van der Waals surface area (Å²) in [4.78, 5) is 0. The third kappa shape index (κ3) is 12.7. The summed E-state index contributed by atoms with van der Waals surface area (Å²) in [5.41, 5.74) is 5.16. The Kier molecular flexibility index (Phi) is 13.9. The van der Waals surface area contributed by atoms with Crippen LogP contribution in [0.25, 0.3) is 0 Å². The van der Waals surface area contributed by atoms with Gasteiger partial charge >= 0.3 is 0 Å². The lowest BCUT2D eigenvalue weighted by molar-refractivity contribution is 0.125. The van der Waals surface area contributed by atoms with Crippen LogP contribution in [0.4, 0.5) is 0 Å². The van der Waals surface area contributed by atoms with E-state index in [1.807, 2.05) is 36.4 Å². The van der Waals surface area contributed by atoms with Crippen LogP contribution in [-0.2, 0) is 30.8 Å². The summed E-state index contributed by atoms with van der Waals surface area (Å²) in [7, 11) is 0. The number of unbranched alkanes of at least 4 members (excludes halogenated alkanes) is 6. The van der Waals surface area contributed by atoms with Gasteiger partial charge in [0.15, 0.2) is 0 Å². The lowest BCUT2D eigenvalue weighted by Gasteiger charge is -2.08. The highest BCUT2D eigenvalue weighted by Crippen LogP contribution is 2.18. The molecule has 0 aliphatic heterocycles. The molecule has 216 valence electrons. The zero-order valence-electron chi connectivity index (χ0n) is 24.5. The monoisotopic (exact) mass is 550 g/mol. The Bertz CT molecular complexity index is 1090. The molecular formula is C38H46O3. The lowest BCUT2D eigenvalue weighted by Crippen LogP contribution is -1.98. The van der Waals surface area contributed by atoms with E-state index in [1.54, 1.807) is 0 Å². The predicted molar refractivity (Wildman–Crippen MR) is 170 cm³/mol. The highest BCUT2D eigenvalue weighted by Gasteiger charge is 2.00. The molecule has 0 heterocycles. The second kappa shape index (κ2) is 18.7. The highest BCUT2D eigenvalue weighted by atomic mass is 16.5. The van der Waals surface area contributed by atoms with Crippen molar-refractivity contribution in [3.05, 3.63) is 131 Å². The molecule has 0 N–H and O–H groups in total. The molecule has 4 rings (SSSR count). The van der Waals surface area contributed by atoms with Crippen molar-refractivity contribution in [2.24, 2.45) is 0 Å². The quantitative estimate of drug-likeness (QED) is 0.103. The van der Waals surface area contributed by atoms with Gasteiger partial charge < -0.3 is 14.2 Å². The average Bonchev–Trinajstić information content (AvgIpc) is 3.03. The Balaban J connectivity index is 0.922. The van der Waals surface area contributed by atoms with E-state index < -0.39 is 0 Å². The smallest absolute Gasteiger partial charge is 0.119 e. The molecule has 0 amide bonds. The topological polar surface area (TPSA) is 27.7 Å². The molecule has 0 fully saturated rings. The Hall–Kier alpha value is -3.56. The van der Waals surface area contributed by atoms with Crippen molar-refractivity contribution in [3.63, 3.8) is 0 Å². The van der Waals surface area contributed by atoms with Crippen molar-refractivity contribution in [2.75, 3.05) is 13.2 Å². The Labute approximate surface area is 247 Å². The molecular weight excluding hydrogens is 504 g/mol. The van der Waals surface area contributed by atoms with Crippen LogP contribution in [0.2, 0.25) is 0 Å². The molecule has 4 aromatic carbocycles. The molecule has 3 heteroatoms. The standard InChI is InChI=1S/C38H46O3/c1(7-15-33-21-25-37(26-22-33)40-31-35-17-9-5-10-18-35)3-13-29-39-30-14-4-2-8-16-34-23-27-38(28-24-34)41-32-36-19-11-6-12-20-36/h5-6,9-12,17-28H,1-4,7-8,13-16,29-32H2. The van der Waals surface area contributed by atoms with Gasteiger partial charge in [0.1, 0.15) is 24.7 Å². The van der Waals surface area contributed by atoms with Gasteiger partial charge in [-0.2, -0.15) is 0 Å². The molecule has 0 atom stereocenters. The first kappa shape index (κ1) is 30.4. The van der Waals surface area contributed by atoms with E-state index in [2.05, 4.69) is 72.8 Å². The SMILES string of the molecule is c1ccc(COc2ccc(CCCCCCOCCCCCCc3ccc(OCc4ccccc4)cc3)cc2)cc1. The number of hydrogen-bond donors (Lipinski definition) is 0. The second-order valence-corrected chi connectivity index (χ2v) is 10.8. The van der Waals surface area contributed by atoms with Crippen LogP contribution in [-0.4, -0.2) is 13.2 Å². The molecule has 0 saturated heterocycles. The molecule has 0 radical (unpaired) electrons. The fourth-order valence-electron chi connectivity index (χ4n) is 4.86. The molecule has 0 aliphatic carbocycles. The Morgan fingerprint density at radius 2 is 0.732 bits per heavy atom. The van der Waals surface area contributed by atoms with Crippen molar-refractivity contribution in [1.82, 2.24) is 0 Å². The van der Waals surface area contributed by atoms with E-state index in [0.717, 1.165) is 50.4 Å². The number of rotatable bonds is 20. The molecule has 0 spiro atoms. The van der Waals surface area contributed by atoms with Gasteiger partial charge in [-0.15, -0.1) is 0 Å². The molecule has 0 bridgehead atoms. The van der Waals surface area contributed by atoms with E-state index in [1.165, 1.54) is 60.8 Å². The second-order valence-electron chi connectivity index (χ2n) is 10.8. The third-order valence-electron chi connectivity index (χ3n) is 7.35. The maximum atomic E-state index is 5.89. The first-order chi connectivity index (χ1) is 20.3. The number of benzene rings is 4. The van der Waals surface area contributed by atoms with E-state index in [9.17, 15) is 0 Å². The van der Waals surface area contributed by atoms with Gasteiger partial charge in [0, 0.05) is 13.2 Å². The van der Waals surface area contributed by atoms with E-state index in [4.69, 9.17) is 14.2 Å². The molecule has 41 heavy (non-hydrogen) atoms. The fraction of sp³-hybridized carbons (Fsp3) is 0.368. The maximum absolute atomic E-state index is 5.89. The minimum atomic E-state index is 0.615. The maximum Gasteiger partial charge on any atom is 0.119 e. The van der Waals surface area contributed by atoms with Crippen LogP contribution in [0.3, 0.4) is 0 Å². The van der Waals surface area contributed by atoms with Crippen LogP contribution in [0.1, 0.15) is 73.6 Å². The summed E-state index contributed by atoms with van der Waals surface area (Å²) < 4.78 is 17.6. The van der Waals surface area contributed by atoms with E-state index in [0.29, 0.717) is 13.2 Å². The van der Waals surface area contributed by atoms with Crippen LogP contribution in [0.5, 0.6) is 11.5 Å². The normalized spacial score (nSPS) is 10.9. The fourth-order valence-corrected chi connectivity index (χ4v) is 4.86. The molecule has 0 saturated carbocycles. The Morgan fingerprint density at radius 1 is 0.341 bits per heavy atom. The third-order valence-corrected chi connectivity index (χ3v) is 7.35. The molecule has 3 nitrogen and oxygen atoms in total. The predicted octanol–water partition coefficient (Wildman–Crippen LogP) is 9.77. The van der Waals surface area contributed by atoms with E-state index >= 15 is 0 Å². The van der Waals surface area contributed by atoms with Crippen LogP contribution < -0.4 is 9.47 Å².